The van der Waals surface area contributed by atoms with Gasteiger partial charge in [-0.1, -0.05) is 24.3 Å². The van der Waals surface area contributed by atoms with Crippen LogP contribution >= 0.6 is 0 Å². The van der Waals surface area contributed by atoms with Crippen LogP contribution in [-0.4, -0.2) is 25.6 Å². The van der Waals surface area contributed by atoms with Crippen LogP contribution < -0.4 is 15.4 Å². The Kier molecular flexibility index (Phi) is 6.04. The lowest BCUT2D eigenvalue weighted by Crippen LogP contribution is -2.35. The van der Waals surface area contributed by atoms with Crippen molar-refractivity contribution in [2.45, 2.75) is 32.1 Å². The number of methoxy groups -OCH3 is 1. The molecule has 25 heavy (non-hydrogen) atoms. The zero-order valence-corrected chi connectivity index (χ0v) is 14.5. The zero-order chi connectivity index (χ0) is 17.5. The van der Waals surface area contributed by atoms with Crippen molar-refractivity contribution >= 4 is 11.6 Å². The molecule has 1 amide bonds. The molecule has 2 aromatic carbocycles. The van der Waals surface area contributed by atoms with Crippen LogP contribution in [0, 0.1) is 0 Å². The molecule has 0 unspecified atom stereocenters. The van der Waals surface area contributed by atoms with Crippen LogP contribution in [-0.2, 0) is 22.7 Å². The summed E-state index contributed by atoms with van der Waals surface area (Å²) in [5.74, 6) is 0.873. The van der Waals surface area contributed by atoms with Gasteiger partial charge in [-0.05, 0) is 54.8 Å². The molecule has 2 aromatic rings. The van der Waals surface area contributed by atoms with E-state index in [0.717, 1.165) is 42.0 Å². The fourth-order valence-electron chi connectivity index (χ4n) is 2.89. The van der Waals surface area contributed by atoms with Crippen molar-refractivity contribution < 1.29 is 14.3 Å². The first-order chi connectivity index (χ1) is 12.2. The highest BCUT2D eigenvalue weighted by atomic mass is 16.5. The van der Waals surface area contributed by atoms with Crippen molar-refractivity contribution in [3.8, 4) is 5.75 Å². The Hall–Kier alpha value is -2.37. The molecule has 0 aliphatic carbocycles. The van der Waals surface area contributed by atoms with Gasteiger partial charge in [0, 0.05) is 5.69 Å². The minimum Gasteiger partial charge on any atom is -0.497 e. The summed E-state index contributed by atoms with van der Waals surface area (Å²) < 4.78 is 10.9. The summed E-state index contributed by atoms with van der Waals surface area (Å²) in [5, 5.41) is 6.18. The van der Waals surface area contributed by atoms with Gasteiger partial charge in [-0.25, -0.2) is 0 Å². The van der Waals surface area contributed by atoms with Crippen molar-refractivity contribution in [1.29, 1.82) is 0 Å². The molecule has 132 valence electrons. The maximum atomic E-state index is 12.2. The fourth-order valence-corrected chi connectivity index (χ4v) is 2.89. The molecule has 1 aliphatic heterocycles. The predicted octanol–water partition coefficient (Wildman–Crippen LogP) is 3.10. The number of rotatable bonds is 7. The highest BCUT2D eigenvalue weighted by Crippen LogP contribution is 2.16. The van der Waals surface area contributed by atoms with E-state index in [9.17, 15) is 4.79 Å². The lowest BCUT2D eigenvalue weighted by atomic mass is 10.2. The Morgan fingerprint density at radius 1 is 1.16 bits per heavy atom. The Morgan fingerprint density at radius 3 is 2.68 bits per heavy atom. The van der Waals surface area contributed by atoms with Gasteiger partial charge in [-0.2, -0.15) is 0 Å². The summed E-state index contributed by atoms with van der Waals surface area (Å²) in [6, 6.07) is 15.5. The second-order valence-corrected chi connectivity index (χ2v) is 6.18. The lowest BCUT2D eigenvalue weighted by molar-refractivity contribution is -0.117. The average Bonchev–Trinajstić information content (AvgIpc) is 3.17. The third-order valence-electron chi connectivity index (χ3n) is 4.27. The number of carbonyl (C=O) groups is 1. The fraction of sp³-hybridized carbons (Fsp3) is 0.350. The predicted molar refractivity (Wildman–Crippen MR) is 97.6 cm³/mol. The molecule has 1 aliphatic rings. The SMILES string of the molecule is COc1ccc(COCc2cccc(NC(=O)[C@@H]3CCCN3)c2)cc1. The van der Waals surface area contributed by atoms with Gasteiger partial charge in [0.2, 0.25) is 5.91 Å². The van der Waals surface area contributed by atoms with E-state index in [0.29, 0.717) is 13.2 Å². The Balaban J connectivity index is 1.49. The molecule has 1 atom stereocenters. The van der Waals surface area contributed by atoms with Gasteiger partial charge in [-0.15, -0.1) is 0 Å². The summed E-state index contributed by atoms with van der Waals surface area (Å²) >= 11 is 0. The molecule has 0 radical (unpaired) electrons. The first kappa shape index (κ1) is 17.5. The van der Waals surface area contributed by atoms with Crippen LogP contribution in [0.5, 0.6) is 5.75 Å². The summed E-state index contributed by atoms with van der Waals surface area (Å²) in [6.07, 6.45) is 1.95. The molecule has 1 saturated heterocycles. The topological polar surface area (TPSA) is 59.6 Å². The molecular formula is C20H24N2O3. The van der Waals surface area contributed by atoms with Gasteiger partial charge in [0.15, 0.2) is 0 Å². The molecule has 1 heterocycles. The molecule has 2 N–H and O–H groups in total. The van der Waals surface area contributed by atoms with E-state index in [1.165, 1.54) is 0 Å². The van der Waals surface area contributed by atoms with Gasteiger partial charge in [0.05, 0.1) is 26.4 Å². The number of benzene rings is 2. The first-order valence-electron chi connectivity index (χ1n) is 8.58. The highest BCUT2D eigenvalue weighted by molar-refractivity contribution is 5.95. The molecule has 0 saturated carbocycles. The maximum absolute atomic E-state index is 12.2. The molecule has 5 nitrogen and oxygen atoms in total. The minimum atomic E-state index is -0.0741. The number of anilines is 1. The van der Waals surface area contributed by atoms with E-state index in [1.807, 2.05) is 48.5 Å². The van der Waals surface area contributed by atoms with Gasteiger partial charge >= 0.3 is 0 Å². The summed E-state index contributed by atoms with van der Waals surface area (Å²) in [6.45, 7) is 1.95. The molecule has 0 spiro atoms. The highest BCUT2D eigenvalue weighted by Gasteiger charge is 2.21. The van der Waals surface area contributed by atoms with E-state index in [4.69, 9.17) is 9.47 Å². The number of carbonyl (C=O) groups excluding carboxylic acids is 1. The van der Waals surface area contributed by atoms with Crippen molar-refractivity contribution in [3.05, 3.63) is 59.7 Å². The van der Waals surface area contributed by atoms with Crippen LogP contribution in [0.4, 0.5) is 5.69 Å². The third kappa shape index (κ3) is 5.05. The molecule has 1 fully saturated rings. The molecule has 0 bridgehead atoms. The van der Waals surface area contributed by atoms with Crippen LogP contribution in [0.25, 0.3) is 0 Å². The van der Waals surface area contributed by atoms with Gasteiger partial charge in [-0.3, -0.25) is 4.79 Å². The summed E-state index contributed by atoms with van der Waals surface area (Å²) in [7, 11) is 1.65. The van der Waals surface area contributed by atoms with E-state index >= 15 is 0 Å². The first-order valence-corrected chi connectivity index (χ1v) is 8.58. The lowest BCUT2D eigenvalue weighted by Gasteiger charge is -2.12. The van der Waals surface area contributed by atoms with Crippen molar-refractivity contribution in [3.63, 3.8) is 0 Å². The number of hydrogen-bond acceptors (Lipinski definition) is 4. The Labute approximate surface area is 148 Å². The van der Waals surface area contributed by atoms with Crippen molar-refractivity contribution in [2.75, 3.05) is 19.0 Å². The van der Waals surface area contributed by atoms with E-state index in [2.05, 4.69) is 10.6 Å². The van der Waals surface area contributed by atoms with Crippen molar-refractivity contribution in [2.24, 2.45) is 0 Å². The van der Waals surface area contributed by atoms with E-state index < -0.39 is 0 Å². The van der Waals surface area contributed by atoms with Crippen LogP contribution in [0.15, 0.2) is 48.5 Å². The largest absolute Gasteiger partial charge is 0.497 e. The molecule has 0 aromatic heterocycles. The smallest absolute Gasteiger partial charge is 0.241 e. The Bertz CT molecular complexity index is 694. The van der Waals surface area contributed by atoms with Gasteiger partial charge in [0.1, 0.15) is 5.75 Å². The second-order valence-electron chi connectivity index (χ2n) is 6.18. The Morgan fingerprint density at radius 2 is 1.96 bits per heavy atom. The average molecular weight is 340 g/mol. The number of hydrogen-bond donors (Lipinski definition) is 2. The quantitative estimate of drug-likeness (QED) is 0.813. The monoisotopic (exact) mass is 340 g/mol. The molecule has 5 heteroatoms. The van der Waals surface area contributed by atoms with Crippen LogP contribution in [0.2, 0.25) is 0 Å². The van der Waals surface area contributed by atoms with Gasteiger partial charge < -0.3 is 20.1 Å². The summed E-state index contributed by atoms with van der Waals surface area (Å²) in [5.41, 5.74) is 2.94. The minimum absolute atomic E-state index is 0.0359. The van der Waals surface area contributed by atoms with E-state index in [-0.39, 0.29) is 11.9 Å². The number of nitrogens with one attached hydrogen (secondary N) is 2. The third-order valence-corrected chi connectivity index (χ3v) is 4.27. The van der Waals surface area contributed by atoms with Gasteiger partial charge in [0.25, 0.3) is 0 Å². The zero-order valence-electron chi connectivity index (χ0n) is 14.5. The van der Waals surface area contributed by atoms with Crippen LogP contribution in [0.1, 0.15) is 24.0 Å². The number of ether oxygens (including phenoxy) is 2. The summed E-state index contributed by atoms with van der Waals surface area (Å²) in [4.78, 5) is 12.2. The standard InChI is InChI=1S/C20H24N2O3/c1-24-18-9-7-15(8-10-18)13-25-14-16-4-2-5-17(12-16)22-20(23)19-6-3-11-21-19/h2,4-5,7-10,12,19,21H,3,6,11,13-14H2,1H3,(H,22,23)/t19-/m0/s1. The van der Waals surface area contributed by atoms with Crippen LogP contribution in [0.3, 0.4) is 0 Å². The maximum Gasteiger partial charge on any atom is 0.241 e. The van der Waals surface area contributed by atoms with E-state index in [1.54, 1.807) is 7.11 Å². The molecular weight excluding hydrogens is 316 g/mol. The normalized spacial score (nSPS) is 16.6. The molecule has 3 rings (SSSR count). The number of amides is 1. The van der Waals surface area contributed by atoms with Crippen molar-refractivity contribution in [1.82, 2.24) is 5.32 Å². The second kappa shape index (κ2) is 8.65.